The molecule has 0 spiro atoms. The first-order chi connectivity index (χ1) is 10.2. The summed E-state index contributed by atoms with van der Waals surface area (Å²) in [6, 6.07) is 17.6. The van der Waals surface area contributed by atoms with Crippen molar-refractivity contribution < 1.29 is 9.53 Å². The summed E-state index contributed by atoms with van der Waals surface area (Å²) in [6.45, 7) is 1.56. The third-order valence-electron chi connectivity index (χ3n) is 3.75. The molecule has 3 nitrogen and oxygen atoms in total. The minimum absolute atomic E-state index is 0.0453. The van der Waals surface area contributed by atoms with Gasteiger partial charge in [0, 0.05) is 10.9 Å². The highest BCUT2D eigenvalue weighted by molar-refractivity contribution is 5.98. The number of carbonyl (C=O) groups excluding carboxylic acids is 1. The van der Waals surface area contributed by atoms with Gasteiger partial charge in [-0.1, -0.05) is 30.3 Å². The van der Waals surface area contributed by atoms with Crippen LogP contribution in [0.25, 0.3) is 10.8 Å². The van der Waals surface area contributed by atoms with Gasteiger partial charge in [-0.2, -0.15) is 0 Å². The van der Waals surface area contributed by atoms with E-state index in [0.717, 1.165) is 33.6 Å². The van der Waals surface area contributed by atoms with Crippen LogP contribution >= 0.6 is 0 Å². The summed E-state index contributed by atoms with van der Waals surface area (Å²) in [5.41, 5.74) is 2.42. The van der Waals surface area contributed by atoms with E-state index in [4.69, 9.17) is 4.74 Å². The van der Waals surface area contributed by atoms with Gasteiger partial charge in [-0.25, -0.2) is 0 Å². The van der Waals surface area contributed by atoms with E-state index in [2.05, 4.69) is 17.4 Å². The van der Waals surface area contributed by atoms with Gasteiger partial charge in [0.15, 0.2) is 17.3 Å². The van der Waals surface area contributed by atoms with Crippen molar-refractivity contribution in [2.24, 2.45) is 0 Å². The number of Topliss-reactive ketones (excluding diaryl/α,β-unsaturated/α-hetero) is 1. The average molecular weight is 275 g/mol. The number of ketones is 1. The number of anilines is 2. The lowest BCUT2D eigenvalue weighted by Gasteiger charge is -2.23. The first-order valence-corrected chi connectivity index (χ1v) is 6.84. The summed E-state index contributed by atoms with van der Waals surface area (Å²) in [4.78, 5) is 11.5. The van der Waals surface area contributed by atoms with Crippen molar-refractivity contribution in [2.45, 2.75) is 6.92 Å². The van der Waals surface area contributed by atoms with Crippen molar-refractivity contribution in [3.63, 3.8) is 0 Å². The molecule has 0 saturated carbocycles. The summed E-state index contributed by atoms with van der Waals surface area (Å²) >= 11 is 0. The molecule has 0 radical (unpaired) electrons. The zero-order valence-electron chi connectivity index (χ0n) is 11.5. The number of benzene rings is 3. The van der Waals surface area contributed by atoms with Crippen LogP contribution in [0.4, 0.5) is 11.4 Å². The van der Waals surface area contributed by atoms with E-state index in [0.29, 0.717) is 5.56 Å². The maximum atomic E-state index is 11.5. The third kappa shape index (κ3) is 1.86. The van der Waals surface area contributed by atoms with Gasteiger partial charge < -0.3 is 10.1 Å². The molecule has 0 unspecified atom stereocenters. The van der Waals surface area contributed by atoms with E-state index in [-0.39, 0.29) is 5.78 Å². The molecule has 0 aliphatic carbocycles. The van der Waals surface area contributed by atoms with Crippen LogP contribution in [0.15, 0.2) is 54.6 Å². The lowest BCUT2D eigenvalue weighted by Crippen LogP contribution is -2.04. The summed E-state index contributed by atoms with van der Waals surface area (Å²) < 4.78 is 6.05. The van der Waals surface area contributed by atoms with Crippen LogP contribution in [0.5, 0.6) is 11.5 Å². The van der Waals surface area contributed by atoms with Gasteiger partial charge >= 0.3 is 0 Å². The molecule has 1 aliphatic heterocycles. The van der Waals surface area contributed by atoms with E-state index in [1.165, 1.54) is 0 Å². The summed E-state index contributed by atoms with van der Waals surface area (Å²) in [5.74, 6) is 1.61. The predicted octanol–water partition coefficient (Wildman–Crippen LogP) is 4.89. The first-order valence-electron chi connectivity index (χ1n) is 6.84. The molecule has 4 rings (SSSR count). The Bertz CT molecular complexity index is 884. The first kappa shape index (κ1) is 12.0. The Morgan fingerprint density at radius 3 is 2.71 bits per heavy atom. The molecule has 0 fully saturated rings. The fourth-order valence-corrected chi connectivity index (χ4v) is 2.64. The van der Waals surface area contributed by atoms with Crippen molar-refractivity contribution in [1.29, 1.82) is 0 Å². The van der Waals surface area contributed by atoms with Crippen molar-refractivity contribution in [3.8, 4) is 11.5 Å². The normalized spacial score (nSPS) is 12.0. The van der Waals surface area contributed by atoms with Crippen LogP contribution in [0.2, 0.25) is 0 Å². The molecule has 0 saturated heterocycles. The standard InChI is InChI=1S/C18H13NO2/c1-11(20)13-7-9-17-16(10-13)19-15-8-6-12-4-2-3-5-14(12)18(15)21-17/h2-10,19H,1H3. The van der Waals surface area contributed by atoms with Gasteiger partial charge in [0.05, 0.1) is 11.4 Å². The van der Waals surface area contributed by atoms with Crippen LogP contribution in [-0.4, -0.2) is 5.78 Å². The minimum Gasteiger partial charge on any atom is -0.452 e. The number of carbonyl (C=O) groups is 1. The number of ether oxygens (including phenoxy) is 1. The number of hydrogen-bond acceptors (Lipinski definition) is 3. The topological polar surface area (TPSA) is 38.3 Å². The highest BCUT2D eigenvalue weighted by Gasteiger charge is 2.19. The lowest BCUT2D eigenvalue weighted by molar-refractivity contribution is 0.101. The zero-order valence-corrected chi connectivity index (χ0v) is 11.5. The molecular formula is C18H13NO2. The minimum atomic E-state index is 0.0453. The Morgan fingerprint density at radius 1 is 1.00 bits per heavy atom. The Labute approximate surface area is 122 Å². The molecule has 0 bridgehead atoms. The van der Waals surface area contributed by atoms with Crippen LogP contribution < -0.4 is 10.1 Å². The number of rotatable bonds is 1. The van der Waals surface area contributed by atoms with Gasteiger partial charge in [-0.05, 0) is 36.6 Å². The van der Waals surface area contributed by atoms with E-state index >= 15 is 0 Å². The molecular weight excluding hydrogens is 262 g/mol. The van der Waals surface area contributed by atoms with Gasteiger partial charge in [0.1, 0.15) is 0 Å². The molecule has 0 amide bonds. The number of fused-ring (bicyclic) bond motifs is 4. The Morgan fingerprint density at radius 2 is 1.86 bits per heavy atom. The van der Waals surface area contributed by atoms with Gasteiger partial charge in [-0.15, -0.1) is 0 Å². The molecule has 0 aromatic heterocycles. The average Bonchev–Trinajstić information content (AvgIpc) is 2.52. The fraction of sp³-hybridized carbons (Fsp3) is 0.0556. The maximum absolute atomic E-state index is 11.5. The maximum Gasteiger partial charge on any atom is 0.159 e. The fourth-order valence-electron chi connectivity index (χ4n) is 2.64. The molecule has 3 heteroatoms. The van der Waals surface area contributed by atoms with Crippen LogP contribution in [-0.2, 0) is 0 Å². The molecule has 102 valence electrons. The molecule has 1 aliphatic rings. The largest absolute Gasteiger partial charge is 0.452 e. The second kappa shape index (κ2) is 4.35. The molecule has 0 atom stereocenters. The zero-order chi connectivity index (χ0) is 14.4. The Balaban J connectivity index is 1.87. The molecule has 21 heavy (non-hydrogen) atoms. The molecule has 3 aromatic rings. The second-order valence-corrected chi connectivity index (χ2v) is 5.16. The number of nitrogens with one attached hydrogen (secondary N) is 1. The van der Waals surface area contributed by atoms with Crippen LogP contribution in [0.1, 0.15) is 17.3 Å². The van der Waals surface area contributed by atoms with Gasteiger partial charge in [0.25, 0.3) is 0 Å². The van der Waals surface area contributed by atoms with Crippen molar-refractivity contribution in [2.75, 3.05) is 5.32 Å². The summed E-state index contributed by atoms with van der Waals surface area (Å²) in [6.07, 6.45) is 0. The van der Waals surface area contributed by atoms with Crippen LogP contribution in [0, 0.1) is 0 Å². The highest BCUT2D eigenvalue weighted by atomic mass is 16.5. The summed E-state index contributed by atoms with van der Waals surface area (Å²) in [7, 11) is 0. The molecule has 1 heterocycles. The van der Waals surface area contributed by atoms with E-state index in [9.17, 15) is 4.79 Å². The van der Waals surface area contributed by atoms with Crippen LogP contribution in [0.3, 0.4) is 0 Å². The lowest BCUT2D eigenvalue weighted by atomic mass is 10.1. The van der Waals surface area contributed by atoms with Gasteiger partial charge in [-0.3, -0.25) is 4.79 Å². The third-order valence-corrected chi connectivity index (χ3v) is 3.75. The van der Waals surface area contributed by atoms with Gasteiger partial charge in [0.2, 0.25) is 0 Å². The highest BCUT2D eigenvalue weighted by Crippen LogP contribution is 2.45. The SMILES string of the molecule is CC(=O)c1ccc2c(c1)Nc1ccc3ccccc3c1O2. The predicted molar refractivity (Wildman–Crippen MR) is 83.8 cm³/mol. The smallest absolute Gasteiger partial charge is 0.159 e. The Kier molecular flexibility index (Phi) is 2.48. The monoisotopic (exact) mass is 275 g/mol. The quantitative estimate of drug-likeness (QED) is 0.502. The van der Waals surface area contributed by atoms with E-state index in [1.807, 2.05) is 36.4 Å². The Hall–Kier alpha value is -2.81. The van der Waals surface area contributed by atoms with Crippen molar-refractivity contribution >= 4 is 27.9 Å². The second-order valence-electron chi connectivity index (χ2n) is 5.16. The van der Waals surface area contributed by atoms with E-state index in [1.54, 1.807) is 13.0 Å². The van der Waals surface area contributed by atoms with Crippen molar-refractivity contribution in [3.05, 3.63) is 60.2 Å². The number of hydrogen-bond donors (Lipinski definition) is 1. The molecule has 1 N–H and O–H groups in total. The van der Waals surface area contributed by atoms with Crippen molar-refractivity contribution in [1.82, 2.24) is 0 Å². The summed E-state index contributed by atoms with van der Waals surface area (Å²) in [5, 5.41) is 5.56. The molecule has 3 aromatic carbocycles. The van der Waals surface area contributed by atoms with E-state index < -0.39 is 0 Å².